The second kappa shape index (κ2) is 7.64. The minimum atomic E-state index is -0.146. The minimum Gasteiger partial charge on any atom is -0.398 e. The SMILES string of the molecule is Cc1cc2c(N)cccc2c(C(=O)NCCCc2nc3c(s2)CCCC3)n1. The van der Waals surface area contributed by atoms with Crippen LogP contribution in [-0.2, 0) is 19.3 Å². The fourth-order valence-electron chi connectivity index (χ4n) is 3.64. The normalized spacial score (nSPS) is 13.5. The van der Waals surface area contributed by atoms with E-state index in [1.807, 2.05) is 42.5 Å². The lowest BCUT2D eigenvalue weighted by Gasteiger charge is -2.10. The van der Waals surface area contributed by atoms with Crippen LogP contribution in [0.3, 0.4) is 0 Å². The standard InChI is InChI=1S/C21H24N4OS/c1-13-12-15-14(6-4-7-16(15)22)20(24-13)21(26)23-11-5-10-19-25-17-8-2-3-9-18(17)27-19/h4,6-7,12H,2-3,5,8-11,22H2,1H3,(H,23,26). The number of hydrogen-bond acceptors (Lipinski definition) is 5. The van der Waals surface area contributed by atoms with Gasteiger partial charge in [0.1, 0.15) is 5.69 Å². The first-order valence-electron chi connectivity index (χ1n) is 9.53. The van der Waals surface area contributed by atoms with Gasteiger partial charge in [0.2, 0.25) is 0 Å². The van der Waals surface area contributed by atoms with E-state index in [4.69, 9.17) is 10.7 Å². The molecule has 4 rings (SSSR count). The number of carbonyl (C=O) groups is 1. The number of fused-ring (bicyclic) bond motifs is 2. The molecule has 0 atom stereocenters. The van der Waals surface area contributed by atoms with Gasteiger partial charge in [0, 0.05) is 40.0 Å². The molecular formula is C21H24N4OS. The van der Waals surface area contributed by atoms with E-state index in [0.717, 1.165) is 35.7 Å². The van der Waals surface area contributed by atoms with Crippen LogP contribution in [0.15, 0.2) is 24.3 Å². The molecule has 5 nitrogen and oxygen atoms in total. The van der Waals surface area contributed by atoms with Crippen molar-refractivity contribution in [1.82, 2.24) is 15.3 Å². The van der Waals surface area contributed by atoms with Gasteiger partial charge in [-0.05, 0) is 51.2 Å². The van der Waals surface area contributed by atoms with Gasteiger partial charge >= 0.3 is 0 Å². The highest BCUT2D eigenvalue weighted by Crippen LogP contribution is 2.27. The topological polar surface area (TPSA) is 80.9 Å². The first-order valence-corrected chi connectivity index (χ1v) is 10.3. The molecule has 2 aromatic heterocycles. The van der Waals surface area contributed by atoms with Crippen LogP contribution >= 0.6 is 11.3 Å². The van der Waals surface area contributed by atoms with Gasteiger partial charge in [-0.2, -0.15) is 0 Å². The Labute approximate surface area is 163 Å². The fourth-order valence-corrected chi connectivity index (χ4v) is 4.84. The molecule has 0 saturated heterocycles. The number of nitrogens with two attached hydrogens (primary N) is 1. The van der Waals surface area contributed by atoms with Gasteiger partial charge in [0.05, 0.1) is 10.7 Å². The van der Waals surface area contributed by atoms with Gasteiger partial charge in [-0.25, -0.2) is 9.97 Å². The summed E-state index contributed by atoms with van der Waals surface area (Å²) in [6, 6.07) is 7.52. The first kappa shape index (κ1) is 17.9. The van der Waals surface area contributed by atoms with Crippen molar-refractivity contribution >= 4 is 33.7 Å². The fraction of sp³-hybridized carbons (Fsp3) is 0.381. The molecule has 0 bridgehead atoms. The highest BCUT2D eigenvalue weighted by Gasteiger charge is 2.16. The maximum Gasteiger partial charge on any atom is 0.270 e. The van der Waals surface area contributed by atoms with Crippen molar-refractivity contribution in [2.75, 3.05) is 12.3 Å². The lowest BCUT2D eigenvalue weighted by molar-refractivity contribution is 0.0950. The summed E-state index contributed by atoms with van der Waals surface area (Å²) in [5, 5.41) is 5.88. The maximum absolute atomic E-state index is 12.7. The van der Waals surface area contributed by atoms with Gasteiger partial charge in [0.15, 0.2) is 0 Å². The molecule has 27 heavy (non-hydrogen) atoms. The smallest absolute Gasteiger partial charge is 0.270 e. The molecule has 1 aliphatic rings. The number of anilines is 1. The predicted octanol–water partition coefficient (Wildman–Crippen LogP) is 3.82. The molecule has 0 unspecified atom stereocenters. The Balaban J connectivity index is 1.39. The molecule has 2 heterocycles. The summed E-state index contributed by atoms with van der Waals surface area (Å²) >= 11 is 1.85. The Hall–Kier alpha value is -2.47. The predicted molar refractivity (Wildman–Crippen MR) is 110 cm³/mol. The molecule has 0 radical (unpaired) electrons. The van der Waals surface area contributed by atoms with Crippen molar-refractivity contribution in [3.8, 4) is 0 Å². The van der Waals surface area contributed by atoms with Crippen molar-refractivity contribution < 1.29 is 4.79 Å². The zero-order valence-corrected chi connectivity index (χ0v) is 16.4. The number of pyridine rings is 1. The quantitative estimate of drug-likeness (QED) is 0.521. The molecule has 0 saturated carbocycles. The summed E-state index contributed by atoms with van der Waals surface area (Å²) in [6.45, 7) is 2.50. The van der Waals surface area contributed by atoms with Crippen molar-refractivity contribution in [1.29, 1.82) is 0 Å². The average molecular weight is 381 g/mol. The van der Waals surface area contributed by atoms with Crippen LogP contribution in [0, 0.1) is 6.92 Å². The van der Waals surface area contributed by atoms with Crippen LogP contribution in [0.4, 0.5) is 5.69 Å². The first-order chi connectivity index (χ1) is 13.1. The molecular weight excluding hydrogens is 356 g/mol. The van der Waals surface area contributed by atoms with Crippen molar-refractivity contribution in [3.63, 3.8) is 0 Å². The summed E-state index contributed by atoms with van der Waals surface area (Å²) in [5.74, 6) is -0.146. The van der Waals surface area contributed by atoms with Gasteiger partial charge in [-0.15, -0.1) is 11.3 Å². The number of hydrogen-bond donors (Lipinski definition) is 2. The van der Waals surface area contributed by atoms with Gasteiger partial charge in [0.25, 0.3) is 5.91 Å². The van der Waals surface area contributed by atoms with E-state index in [2.05, 4.69) is 10.3 Å². The summed E-state index contributed by atoms with van der Waals surface area (Å²) in [7, 11) is 0. The number of carbonyl (C=O) groups excluding carboxylic acids is 1. The highest BCUT2D eigenvalue weighted by molar-refractivity contribution is 7.11. The Morgan fingerprint density at radius 1 is 1.22 bits per heavy atom. The number of amides is 1. The van der Waals surface area contributed by atoms with E-state index in [0.29, 0.717) is 17.9 Å². The number of nitrogens with one attached hydrogen (secondary N) is 1. The van der Waals surface area contributed by atoms with E-state index in [1.54, 1.807) is 0 Å². The number of aryl methyl sites for hydroxylation is 4. The molecule has 3 N–H and O–H groups in total. The summed E-state index contributed by atoms with van der Waals surface area (Å²) in [6.07, 6.45) is 6.63. The highest BCUT2D eigenvalue weighted by atomic mass is 32.1. The number of aromatic nitrogens is 2. The summed E-state index contributed by atoms with van der Waals surface area (Å²) < 4.78 is 0. The molecule has 0 spiro atoms. The lowest BCUT2D eigenvalue weighted by Crippen LogP contribution is -2.26. The minimum absolute atomic E-state index is 0.146. The van der Waals surface area contributed by atoms with Crippen LogP contribution in [-0.4, -0.2) is 22.4 Å². The van der Waals surface area contributed by atoms with Crippen LogP contribution in [0.2, 0.25) is 0 Å². The Kier molecular flexibility index (Phi) is 5.07. The third-order valence-corrected chi connectivity index (χ3v) is 6.21. The van der Waals surface area contributed by atoms with Crippen LogP contribution in [0.25, 0.3) is 10.8 Å². The van der Waals surface area contributed by atoms with E-state index >= 15 is 0 Å². The molecule has 3 aromatic rings. The van der Waals surface area contributed by atoms with Crippen LogP contribution in [0.5, 0.6) is 0 Å². The van der Waals surface area contributed by atoms with Crippen molar-refractivity contribution in [2.45, 2.75) is 45.4 Å². The number of rotatable bonds is 5. The monoisotopic (exact) mass is 380 g/mol. The number of thiazole rings is 1. The van der Waals surface area contributed by atoms with Gasteiger partial charge < -0.3 is 11.1 Å². The number of nitrogen functional groups attached to an aromatic ring is 1. The second-order valence-corrected chi connectivity index (χ2v) is 8.27. The molecule has 0 fully saturated rings. The van der Waals surface area contributed by atoms with E-state index in [1.165, 1.54) is 34.8 Å². The maximum atomic E-state index is 12.7. The van der Waals surface area contributed by atoms with E-state index < -0.39 is 0 Å². The van der Waals surface area contributed by atoms with E-state index in [9.17, 15) is 4.79 Å². The largest absolute Gasteiger partial charge is 0.398 e. The average Bonchev–Trinajstić information content (AvgIpc) is 3.08. The Bertz CT molecular complexity index is 972. The Morgan fingerprint density at radius 3 is 2.93 bits per heavy atom. The van der Waals surface area contributed by atoms with Crippen LogP contribution in [0.1, 0.15) is 51.0 Å². The third kappa shape index (κ3) is 3.81. The number of benzene rings is 1. The van der Waals surface area contributed by atoms with Gasteiger partial charge in [-0.3, -0.25) is 4.79 Å². The second-order valence-electron chi connectivity index (χ2n) is 7.10. The molecule has 1 amide bonds. The number of nitrogens with zero attached hydrogens (tertiary/aromatic N) is 2. The third-order valence-electron chi connectivity index (χ3n) is 4.99. The molecule has 1 aliphatic carbocycles. The lowest BCUT2D eigenvalue weighted by atomic mass is 10.0. The molecule has 140 valence electrons. The summed E-state index contributed by atoms with van der Waals surface area (Å²) in [5.41, 5.74) is 9.26. The molecule has 1 aromatic carbocycles. The van der Waals surface area contributed by atoms with E-state index in [-0.39, 0.29) is 5.91 Å². The van der Waals surface area contributed by atoms with Crippen molar-refractivity contribution in [3.05, 3.63) is 51.2 Å². The van der Waals surface area contributed by atoms with Crippen LogP contribution < -0.4 is 11.1 Å². The zero-order chi connectivity index (χ0) is 18.8. The van der Waals surface area contributed by atoms with Crippen molar-refractivity contribution in [2.24, 2.45) is 0 Å². The van der Waals surface area contributed by atoms with Gasteiger partial charge in [-0.1, -0.05) is 12.1 Å². The summed E-state index contributed by atoms with van der Waals surface area (Å²) in [4.78, 5) is 23.3. The Morgan fingerprint density at radius 2 is 2.07 bits per heavy atom. The molecule has 0 aliphatic heterocycles. The zero-order valence-electron chi connectivity index (χ0n) is 15.5. The molecule has 6 heteroatoms.